The first-order valence-electron chi connectivity index (χ1n) is 8.58. The summed E-state index contributed by atoms with van der Waals surface area (Å²) < 4.78 is 1.97. The van der Waals surface area contributed by atoms with Gasteiger partial charge in [-0.05, 0) is 37.6 Å². The second-order valence-electron chi connectivity index (χ2n) is 6.56. The maximum Gasteiger partial charge on any atom is 0.230 e. The number of aromatic nitrogens is 2. The monoisotopic (exact) mass is 431 g/mol. The number of thiazole rings is 1. The fourth-order valence-corrected chi connectivity index (χ4v) is 4.12. The number of hydrogen-bond acceptors (Lipinski definition) is 3. The number of nitrogens with one attached hydrogen (secondary N) is 1. The molecule has 0 fully saturated rings. The number of aryl methyl sites for hydroxylation is 2. The zero-order valence-corrected chi connectivity index (χ0v) is 17.8. The van der Waals surface area contributed by atoms with E-state index < -0.39 is 0 Å². The van der Waals surface area contributed by atoms with Crippen LogP contribution in [0.4, 0.5) is 5.69 Å². The zero-order valence-electron chi connectivity index (χ0n) is 15.4. The van der Waals surface area contributed by atoms with Crippen LogP contribution in [-0.4, -0.2) is 15.3 Å². The third kappa shape index (κ3) is 4.22. The van der Waals surface area contributed by atoms with Crippen LogP contribution in [0.3, 0.4) is 0 Å². The summed E-state index contributed by atoms with van der Waals surface area (Å²) in [6.07, 6.45) is 2.25. The minimum absolute atomic E-state index is 0. The minimum Gasteiger partial charge on any atom is -0.326 e. The van der Waals surface area contributed by atoms with Gasteiger partial charge >= 0.3 is 0 Å². The van der Waals surface area contributed by atoms with Crippen molar-refractivity contribution >= 4 is 51.9 Å². The molecule has 0 aliphatic heterocycles. The largest absolute Gasteiger partial charge is 0.326 e. The molecule has 0 spiro atoms. The lowest BCUT2D eigenvalue weighted by molar-refractivity contribution is -0.115. The van der Waals surface area contributed by atoms with E-state index in [4.69, 9.17) is 11.6 Å². The lowest BCUT2D eigenvalue weighted by Crippen LogP contribution is -2.16. The van der Waals surface area contributed by atoms with Crippen molar-refractivity contribution in [1.29, 1.82) is 0 Å². The zero-order chi connectivity index (χ0) is 19.0. The van der Waals surface area contributed by atoms with Gasteiger partial charge in [0.1, 0.15) is 0 Å². The van der Waals surface area contributed by atoms with Gasteiger partial charge in [-0.25, -0.2) is 4.98 Å². The van der Waals surface area contributed by atoms with Crippen molar-refractivity contribution in [3.63, 3.8) is 0 Å². The van der Waals surface area contributed by atoms with Gasteiger partial charge in [-0.2, -0.15) is 0 Å². The van der Waals surface area contributed by atoms with E-state index in [1.54, 1.807) is 0 Å². The van der Waals surface area contributed by atoms with Gasteiger partial charge in [-0.1, -0.05) is 41.4 Å². The predicted octanol–water partition coefficient (Wildman–Crippen LogP) is 5.94. The van der Waals surface area contributed by atoms with Crippen LogP contribution in [0.15, 0.2) is 54.0 Å². The van der Waals surface area contributed by atoms with E-state index >= 15 is 0 Å². The lowest BCUT2D eigenvalue weighted by Gasteiger charge is -2.09. The number of amides is 1. The highest BCUT2D eigenvalue weighted by atomic mass is 35.5. The molecule has 0 unspecified atom stereocenters. The first-order chi connectivity index (χ1) is 13.0. The molecule has 0 saturated heterocycles. The summed E-state index contributed by atoms with van der Waals surface area (Å²) in [5.41, 5.74) is 5.81. The Morgan fingerprint density at radius 3 is 2.79 bits per heavy atom. The second kappa shape index (κ2) is 8.35. The number of carbonyl (C=O) groups is 1. The third-order valence-corrected chi connectivity index (χ3v) is 5.53. The molecule has 7 heteroatoms. The van der Waals surface area contributed by atoms with E-state index in [9.17, 15) is 4.79 Å². The smallest absolute Gasteiger partial charge is 0.230 e. The Morgan fingerprint density at radius 1 is 1.21 bits per heavy atom. The fraction of sp³-hybridized carbons (Fsp3) is 0.143. The maximum absolute atomic E-state index is 12.5. The molecular weight excluding hydrogens is 413 g/mol. The molecule has 4 nitrogen and oxygen atoms in total. The van der Waals surface area contributed by atoms with E-state index in [1.165, 1.54) is 16.9 Å². The van der Waals surface area contributed by atoms with Crippen molar-refractivity contribution in [3.8, 4) is 11.3 Å². The summed E-state index contributed by atoms with van der Waals surface area (Å²) >= 11 is 7.61. The highest BCUT2D eigenvalue weighted by Crippen LogP contribution is 2.26. The van der Waals surface area contributed by atoms with Gasteiger partial charge in [0.15, 0.2) is 4.96 Å². The highest BCUT2D eigenvalue weighted by Gasteiger charge is 2.13. The number of rotatable bonds is 4. The molecular formula is C21H19Cl2N3OS. The number of halogens is 2. The van der Waals surface area contributed by atoms with E-state index in [0.29, 0.717) is 11.4 Å². The number of imidazole rings is 1. The molecule has 0 bridgehead atoms. The van der Waals surface area contributed by atoms with Crippen LogP contribution in [0.1, 0.15) is 16.8 Å². The Kier molecular flexibility index (Phi) is 6.08. The molecule has 1 amide bonds. The van der Waals surface area contributed by atoms with Gasteiger partial charge in [0.2, 0.25) is 5.91 Å². The molecule has 28 heavy (non-hydrogen) atoms. The molecule has 0 atom stereocenters. The van der Waals surface area contributed by atoms with Crippen LogP contribution in [0.2, 0.25) is 5.02 Å². The molecule has 0 aliphatic rings. The fourth-order valence-electron chi connectivity index (χ4n) is 3.06. The Labute approximate surface area is 178 Å². The minimum atomic E-state index is -0.0420. The normalized spacial score (nSPS) is 10.7. The van der Waals surface area contributed by atoms with Gasteiger partial charge in [-0.15, -0.1) is 23.7 Å². The SMILES string of the molecule is Cc1ccc(NC(=O)Cc2csc3nc(-c4cccc(Cl)c4)cn23)c(C)c1.Cl. The number of carbonyl (C=O) groups excluding carboxylic acids is 1. The molecule has 2 aromatic heterocycles. The van der Waals surface area contributed by atoms with Crippen LogP contribution < -0.4 is 5.32 Å². The number of fused-ring (bicyclic) bond motifs is 1. The summed E-state index contributed by atoms with van der Waals surface area (Å²) in [5.74, 6) is -0.0420. The van der Waals surface area contributed by atoms with E-state index in [0.717, 1.165) is 33.2 Å². The first kappa shape index (κ1) is 20.4. The molecule has 0 aliphatic carbocycles. The van der Waals surface area contributed by atoms with Crippen LogP contribution in [0.25, 0.3) is 16.2 Å². The van der Waals surface area contributed by atoms with E-state index in [2.05, 4.69) is 16.4 Å². The van der Waals surface area contributed by atoms with Crippen molar-refractivity contribution in [2.45, 2.75) is 20.3 Å². The van der Waals surface area contributed by atoms with Gasteiger partial charge in [0.05, 0.1) is 12.1 Å². The average Bonchev–Trinajstić information content (AvgIpc) is 3.20. The van der Waals surface area contributed by atoms with Crippen molar-refractivity contribution in [2.24, 2.45) is 0 Å². The van der Waals surface area contributed by atoms with Crippen LogP contribution in [-0.2, 0) is 11.2 Å². The third-order valence-electron chi connectivity index (χ3n) is 4.40. The Hall–Kier alpha value is -2.34. The average molecular weight is 432 g/mol. The quantitative estimate of drug-likeness (QED) is 0.434. The highest BCUT2D eigenvalue weighted by molar-refractivity contribution is 7.15. The first-order valence-corrected chi connectivity index (χ1v) is 9.84. The van der Waals surface area contributed by atoms with Gasteiger partial charge in [0, 0.05) is 33.5 Å². The Bertz CT molecular complexity index is 1150. The Morgan fingerprint density at radius 2 is 2.04 bits per heavy atom. The molecule has 2 heterocycles. The van der Waals surface area contributed by atoms with E-state index in [1.807, 2.05) is 66.2 Å². The molecule has 0 radical (unpaired) electrons. The van der Waals surface area contributed by atoms with Crippen molar-refractivity contribution in [1.82, 2.24) is 9.38 Å². The van der Waals surface area contributed by atoms with Crippen LogP contribution in [0.5, 0.6) is 0 Å². The number of anilines is 1. The standard InChI is InChI=1S/C21H18ClN3OS.ClH/c1-13-6-7-18(14(2)8-13)23-20(26)10-17-12-27-21-24-19(11-25(17)21)15-4-3-5-16(22)9-15;/h3-9,11-12H,10H2,1-2H3,(H,23,26);1H. The summed E-state index contributed by atoms with van der Waals surface area (Å²) in [4.78, 5) is 18.0. The topological polar surface area (TPSA) is 46.4 Å². The van der Waals surface area contributed by atoms with Crippen LogP contribution in [0, 0.1) is 13.8 Å². The summed E-state index contributed by atoms with van der Waals surface area (Å²) in [6, 6.07) is 13.6. The van der Waals surface area contributed by atoms with Crippen molar-refractivity contribution < 1.29 is 4.79 Å². The van der Waals surface area contributed by atoms with Crippen molar-refractivity contribution in [3.05, 3.63) is 75.9 Å². The number of benzene rings is 2. The molecule has 1 N–H and O–H groups in total. The number of nitrogens with zero attached hydrogens (tertiary/aromatic N) is 2. The summed E-state index contributed by atoms with van der Waals surface area (Å²) in [5, 5.41) is 5.66. The summed E-state index contributed by atoms with van der Waals surface area (Å²) in [6.45, 7) is 4.04. The van der Waals surface area contributed by atoms with Gasteiger partial charge in [-0.3, -0.25) is 9.20 Å². The predicted molar refractivity (Wildman–Crippen MR) is 119 cm³/mol. The number of hydrogen-bond donors (Lipinski definition) is 1. The van der Waals surface area contributed by atoms with Crippen molar-refractivity contribution in [2.75, 3.05) is 5.32 Å². The molecule has 4 aromatic rings. The maximum atomic E-state index is 12.5. The van der Waals surface area contributed by atoms with Gasteiger partial charge < -0.3 is 5.32 Å². The summed E-state index contributed by atoms with van der Waals surface area (Å²) in [7, 11) is 0. The lowest BCUT2D eigenvalue weighted by atomic mass is 10.1. The molecule has 4 rings (SSSR count). The molecule has 2 aromatic carbocycles. The van der Waals surface area contributed by atoms with Crippen LogP contribution >= 0.6 is 35.3 Å². The van der Waals surface area contributed by atoms with Gasteiger partial charge in [0.25, 0.3) is 0 Å². The Balaban J connectivity index is 0.00000225. The molecule has 144 valence electrons. The van der Waals surface area contributed by atoms with E-state index in [-0.39, 0.29) is 18.3 Å². The second-order valence-corrected chi connectivity index (χ2v) is 7.83. The molecule has 0 saturated carbocycles.